The first-order chi connectivity index (χ1) is 7.00. The third-order valence-corrected chi connectivity index (χ3v) is 3.95. The lowest BCUT2D eigenvalue weighted by Crippen LogP contribution is -2.33. The highest BCUT2D eigenvalue weighted by Gasteiger charge is 2.28. The maximum atomic E-state index is 11.0. The van der Waals surface area contributed by atoms with Crippen LogP contribution < -0.4 is 10.6 Å². The summed E-state index contributed by atoms with van der Waals surface area (Å²) in [5.41, 5.74) is 0.757. The van der Waals surface area contributed by atoms with Crippen LogP contribution in [0.2, 0.25) is 10.0 Å². The molecular weight excluding hydrogens is 354 g/mol. The molecule has 0 aliphatic carbocycles. The van der Waals surface area contributed by atoms with Crippen LogP contribution >= 0.6 is 45.8 Å². The molecule has 0 saturated carbocycles. The smallest absolute Gasteiger partial charge is 0.316 e. The number of amides is 2. The van der Waals surface area contributed by atoms with E-state index in [-0.39, 0.29) is 0 Å². The minimum atomic E-state index is -0.834. The molecule has 0 aromatic heterocycles. The van der Waals surface area contributed by atoms with Crippen molar-refractivity contribution in [1.82, 2.24) is 5.32 Å². The van der Waals surface area contributed by atoms with Crippen LogP contribution in [0.4, 0.5) is 11.4 Å². The van der Waals surface area contributed by atoms with Gasteiger partial charge in [-0.25, -0.2) is 5.32 Å². The molecule has 1 aliphatic heterocycles. The molecule has 1 heterocycles. The van der Waals surface area contributed by atoms with E-state index in [0.29, 0.717) is 25.0 Å². The molecule has 2 amide bonds. The molecular formula is C8H2Cl2IN2O2. The number of hydrogen-bond donors (Lipinski definition) is 1. The Labute approximate surface area is 108 Å². The number of benzene rings is 1. The molecule has 7 heteroatoms. The van der Waals surface area contributed by atoms with E-state index in [1.807, 2.05) is 22.6 Å². The fourth-order valence-corrected chi connectivity index (χ4v) is 2.33. The molecule has 0 unspecified atom stereocenters. The number of halogens is 3. The van der Waals surface area contributed by atoms with Crippen molar-refractivity contribution < 1.29 is 9.59 Å². The van der Waals surface area contributed by atoms with Crippen molar-refractivity contribution in [1.29, 1.82) is 0 Å². The van der Waals surface area contributed by atoms with Gasteiger partial charge < -0.3 is 5.32 Å². The molecule has 0 fully saturated rings. The standard InChI is InChI=1S/C8H2Cl2IN2O2/c9-2-1-3-6(5(11)4(2)10)13-8(15)7(14)12-3/h1H,(H,12,14). The molecule has 1 aliphatic rings. The lowest BCUT2D eigenvalue weighted by Gasteiger charge is -2.17. The van der Waals surface area contributed by atoms with Crippen molar-refractivity contribution in [3.63, 3.8) is 0 Å². The number of nitrogens with one attached hydrogen (secondary N) is 1. The monoisotopic (exact) mass is 355 g/mol. The Balaban J connectivity index is 2.63. The maximum Gasteiger partial charge on any atom is 0.335 e. The van der Waals surface area contributed by atoms with E-state index in [1.54, 1.807) is 0 Å². The molecule has 1 N–H and O–H groups in total. The molecule has 0 atom stereocenters. The van der Waals surface area contributed by atoms with Crippen LogP contribution in [0, 0.1) is 3.57 Å². The van der Waals surface area contributed by atoms with Crippen molar-refractivity contribution in [3.8, 4) is 0 Å². The Morgan fingerprint density at radius 1 is 1.33 bits per heavy atom. The zero-order chi connectivity index (χ0) is 11.2. The van der Waals surface area contributed by atoms with Crippen molar-refractivity contribution in [3.05, 3.63) is 19.7 Å². The van der Waals surface area contributed by atoms with E-state index in [1.165, 1.54) is 6.07 Å². The van der Waals surface area contributed by atoms with Gasteiger partial charge in [0.15, 0.2) is 0 Å². The summed E-state index contributed by atoms with van der Waals surface area (Å²) in [6, 6.07) is 1.47. The van der Waals surface area contributed by atoms with Crippen molar-refractivity contribution in [2.24, 2.45) is 0 Å². The van der Waals surface area contributed by atoms with Gasteiger partial charge in [0.05, 0.1) is 19.3 Å². The Bertz CT molecular complexity index is 490. The predicted octanol–water partition coefficient (Wildman–Crippen LogP) is 2.31. The number of hydrogen-bond acceptors (Lipinski definition) is 2. The van der Waals surface area contributed by atoms with Crippen LogP contribution in [0.1, 0.15) is 0 Å². The van der Waals surface area contributed by atoms with Gasteiger partial charge in [-0.1, -0.05) is 23.2 Å². The third-order valence-electron chi connectivity index (χ3n) is 1.79. The van der Waals surface area contributed by atoms with E-state index >= 15 is 0 Å². The van der Waals surface area contributed by atoms with E-state index in [9.17, 15) is 9.59 Å². The molecule has 77 valence electrons. The average Bonchev–Trinajstić information content (AvgIpc) is 2.19. The Hall–Kier alpha value is -0.530. The molecule has 4 nitrogen and oxygen atoms in total. The van der Waals surface area contributed by atoms with Gasteiger partial charge in [0.2, 0.25) is 0 Å². The van der Waals surface area contributed by atoms with Crippen molar-refractivity contribution >= 4 is 69.0 Å². The lowest BCUT2D eigenvalue weighted by molar-refractivity contribution is -0.135. The normalized spacial score (nSPS) is 14.3. The van der Waals surface area contributed by atoms with Gasteiger partial charge in [-0.2, -0.15) is 0 Å². The SMILES string of the molecule is O=C1[N]c2c(cc(Cl)c(Cl)c2I)NC1=O. The fourth-order valence-electron chi connectivity index (χ4n) is 1.12. The number of carbonyl (C=O) groups is 2. The van der Waals surface area contributed by atoms with Crippen LogP contribution in [0.3, 0.4) is 0 Å². The first kappa shape index (κ1) is 11.0. The molecule has 15 heavy (non-hydrogen) atoms. The highest BCUT2D eigenvalue weighted by molar-refractivity contribution is 14.1. The van der Waals surface area contributed by atoms with Gasteiger partial charge >= 0.3 is 11.8 Å². The van der Waals surface area contributed by atoms with Gasteiger partial charge in [0.1, 0.15) is 5.69 Å². The van der Waals surface area contributed by atoms with Crippen molar-refractivity contribution in [2.45, 2.75) is 0 Å². The van der Waals surface area contributed by atoms with Crippen LogP contribution in [-0.2, 0) is 9.59 Å². The summed E-state index contributed by atoms with van der Waals surface area (Å²) in [7, 11) is 0. The van der Waals surface area contributed by atoms with Gasteiger partial charge in [-0.3, -0.25) is 9.59 Å². The lowest BCUT2D eigenvalue weighted by atomic mass is 10.2. The number of anilines is 1. The van der Waals surface area contributed by atoms with Crippen LogP contribution in [0.5, 0.6) is 0 Å². The molecule has 1 radical (unpaired) electrons. The zero-order valence-corrected chi connectivity index (χ0v) is 10.6. The Morgan fingerprint density at radius 3 is 2.67 bits per heavy atom. The summed E-state index contributed by atoms with van der Waals surface area (Å²) in [6.07, 6.45) is 0. The third kappa shape index (κ3) is 1.79. The minimum Gasteiger partial charge on any atom is -0.316 e. The summed E-state index contributed by atoms with van der Waals surface area (Å²) < 4.78 is 0.546. The summed E-state index contributed by atoms with van der Waals surface area (Å²) in [4.78, 5) is 22.1. The quantitative estimate of drug-likeness (QED) is 0.441. The van der Waals surface area contributed by atoms with E-state index in [4.69, 9.17) is 23.2 Å². The number of nitrogens with zero attached hydrogens (tertiary/aromatic N) is 1. The zero-order valence-electron chi connectivity index (χ0n) is 6.97. The van der Waals surface area contributed by atoms with Gasteiger partial charge in [0, 0.05) is 0 Å². The Morgan fingerprint density at radius 2 is 2.00 bits per heavy atom. The largest absolute Gasteiger partial charge is 0.335 e. The number of carbonyl (C=O) groups excluding carboxylic acids is 2. The second-order valence-electron chi connectivity index (χ2n) is 2.75. The molecule has 0 spiro atoms. The average molecular weight is 356 g/mol. The second-order valence-corrected chi connectivity index (χ2v) is 4.62. The molecule has 0 bridgehead atoms. The van der Waals surface area contributed by atoms with Crippen molar-refractivity contribution in [2.75, 3.05) is 5.32 Å². The van der Waals surface area contributed by atoms with Gasteiger partial charge in [-0.05, 0) is 28.7 Å². The fraction of sp³-hybridized carbons (Fsp3) is 0. The maximum absolute atomic E-state index is 11.0. The first-order valence-electron chi connectivity index (χ1n) is 3.75. The van der Waals surface area contributed by atoms with E-state index in [0.717, 1.165) is 0 Å². The summed E-state index contributed by atoms with van der Waals surface area (Å²) >= 11 is 13.6. The molecule has 1 aromatic rings. The van der Waals surface area contributed by atoms with Crippen LogP contribution in [0.25, 0.3) is 0 Å². The summed E-state index contributed by atoms with van der Waals surface area (Å²) in [5.74, 6) is -1.60. The molecule has 1 aromatic carbocycles. The highest BCUT2D eigenvalue weighted by Crippen LogP contribution is 2.39. The minimum absolute atomic E-state index is 0.310. The first-order valence-corrected chi connectivity index (χ1v) is 5.58. The predicted molar refractivity (Wildman–Crippen MR) is 64.6 cm³/mol. The van der Waals surface area contributed by atoms with E-state index in [2.05, 4.69) is 10.6 Å². The van der Waals surface area contributed by atoms with Gasteiger partial charge in [-0.15, -0.1) is 0 Å². The summed E-state index contributed by atoms with van der Waals surface area (Å²) in [5, 5.41) is 6.65. The summed E-state index contributed by atoms with van der Waals surface area (Å²) in [6.45, 7) is 0. The molecule has 2 rings (SSSR count). The highest BCUT2D eigenvalue weighted by atomic mass is 127. The number of rotatable bonds is 0. The van der Waals surface area contributed by atoms with E-state index < -0.39 is 11.8 Å². The second kappa shape index (κ2) is 3.80. The van der Waals surface area contributed by atoms with Crippen LogP contribution in [-0.4, -0.2) is 11.8 Å². The topological polar surface area (TPSA) is 60.3 Å². The Kier molecular flexibility index (Phi) is 2.78. The molecule has 0 saturated heterocycles. The van der Waals surface area contributed by atoms with Gasteiger partial charge in [0.25, 0.3) is 0 Å². The van der Waals surface area contributed by atoms with Crippen LogP contribution in [0.15, 0.2) is 6.07 Å². The number of fused-ring (bicyclic) bond motifs is 1.